The molecule has 1 aliphatic rings. The van der Waals surface area contributed by atoms with Crippen LogP contribution in [0, 0.1) is 0 Å². The van der Waals surface area contributed by atoms with Crippen LogP contribution in [0.3, 0.4) is 0 Å². The van der Waals surface area contributed by atoms with E-state index in [0.29, 0.717) is 0 Å². The smallest absolute Gasteiger partial charge is 0.0503 e. The molecule has 0 saturated carbocycles. The molecule has 3 heteroatoms. The fraction of sp³-hybridized carbons (Fsp3) is 0.714. The van der Waals surface area contributed by atoms with Crippen LogP contribution in [0.25, 0.3) is 0 Å². The Morgan fingerprint density at radius 1 is 1.40 bits per heavy atom. The summed E-state index contributed by atoms with van der Waals surface area (Å²) in [4.78, 5) is 0. The molecule has 58 valence electrons. The average Bonchev–Trinajstić information content (AvgIpc) is 2.05. The van der Waals surface area contributed by atoms with Gasteiger partial charge >= 0.3 is 0 Å². The van der Waals surface area contributed by atoms with E-state index < -0.39 is 0 Å². The summed E-state index contributed by atoms with van der Waals surface area (Å²) in [5.74, 6) is 0. The van der Waals surface area contributed by atoms with E-state index in [2.05, 4.69) is 31.9 Å². The minimum atomic E-state index is 0.886. The van der Waals surface area contributed by atoms with Crippen LogP contribution in [0.1, 0.15) is 12.8 Å². The molecule has 1 nitrogen and oxygen atoms in total. The van der Waals surface area contributed by atoms with Crippen molar-refractivity contribution < 1.29 is 4.74 Å². The molecular formula is C7H10Br2O. The number of alkyl halides is 1. The van der Waals surface area contributed by atoms with Crippen LogP contribution in [-0.4, -0.2) is 18.5 Å². The molecule has 0 N–H and O–H groups in total. The van der Waals surface area contributed by atoms with E-state index in [1.165, 1.54) is 10.1 Å². The first-order valence-corrected chi connectivity index (χ1v) is 5.26. The second-order valence-electron chi connectivity index (χ2n) is 2.25. The van der Waals surface area contributed by atoms with Crippen LogP contribution in [0.4, 0.5) is 0 Å². The highest BCUT2D eigenvalue weighted by atomic mass is 79.9. The number of rotatable bonds is 1. The van der Waals surface area contributed by atoms with Crippen LogP contribution in [0.5, 0.6) is 0 Å². The third kappa shape index (κ3) is 2.36. The van der Waals surface area contributed by atoms with Crippen molar-refractivity contribution in [2.75, 3.05) is 18.5 Å². The Bertz CT molecular complexity index is 135. The summed E-state index contributed by atoms with van der Waals surface area (Å²) in [7, 11) is 0. The summed E-state index contributed by atoms with van der Waals surface area (Å²) < 4.78 is 6.53. The van der Waals surface area contributed by atoms with E-state index in [4.69, 9.17) is 4.74 Å². The summed E-state index contributed by atoms with van der Waals surface area (Å²) in [5.41, 5.74) is 1.50. The Kier molecular flexibility index (Phi) is 3.96. The van der Waals surface area contributed by atoms with Gasteiger partial charge in [-0.25, -0.2) is 0 Å². The molecule has 0 aromatic rings. The third-order valence-electron chi connectivity index (χ3n) is 1.60. The lowest BCUT2D eigenvalue weighted by atomic mass is 10.1. The highest BCUT2D eigenvalue weighted by molar-refractivity contribution is 9.13. The van der Waals surface area contributed by atoms with Gasteiger partial charge in [-0.3, -0.25) is 0 Å². The first kappa shape index (κ1) is 8.75. The predicted molar refractivity (Wildman–Crippen MR) is 49.8 cm³/mol. The lowest BCUT2D eigenvalue weighted by Crippen LogP contribution is -2.08. The van der Waals surface area contributed by atoms with Gasteiger partial charge in [0.15, 0.2) is 0 Å². The Morgan fingerprint density at radius 3 is 2.50 bits per heavy atom. The first-order chi connectivity index (χ1) is 4.84. The molecule has 1 fully saturated rings. The van der Waals surface area contributed by atoms with Crippen molar-refractivity contribution in [1.29, 1.82) is 0 Å². The highest BCUT2D eigenvalue weighted by Gasteiger charge is 2.08. The van der Waals surface area contributed by atoms with Crippen molar-refractivity contribution >= 4 is 31.9 Å². The van der Waals surface area contributed by atoms with Crippen LogP contribution >= 0.6 is 31.9 Å². The lowest BCUT2D eigenvalue weighted by molar-refractivity contribution is 0.119. The molecule has 0 aliphatic carbocycles. The zero-order chi connectivity index (χ0) is 7.40. The molecule has 1 rings (SSSR count). The second kappa shape index (κ2) is 4.52. The fourth-order valence-electron chi connectivity index (χ4n) is 0.984. The molecule has 0 spiro atoms. The molecular weight excluding hydrogens is 260 g/mol. The van der Waals surface area contributed by atoms with Crippen LogP contribution in [0.2, 0.25) is 0 Å². The fourth-order valence-corrected chi connectivity index (χ4v) is 1.78. The first-order valence-electron chi connectivity index (χ1n) is 3.34. The summed E-state index contributed by atoms with van der Waals surface area (Å²) in [5, 5.41) is 0.933. The molecule has 0 amide bonds. The second-order valence-corrected chi connectivity index (χ2v) is 3.77. The van der Waals surface area contributed by atoms with Gasteiger partial charge in [-0.1, -0.05) is 37.4 Å². The molecule has 1 heterocycles. The lowest BCUT2D eigenvalue weighted by Gasteiger charge is -2.15. The normalized spacial score (nSPS) is 19.2. The van der Waals surface area contributed by atoms with Crippen molar-refractivity contribution in [2.24, 2.45) is 0 Å². The molecule has 10 heavy (non-hydrogen) atoms. The van der Waals surface area contributed by atoms with Crippen molar-refractivity contribution in [3.63, 3.8) is 0 Å². The molecule has 0 unspecified atom stereocenters. The Labute approximate surface area is 78.1 Å². The summed E-state index contributed by atoms with van der Waals surface area (Å²) in [6.07, 6.45) is 2.18. The molecule has 0 aromatic heterocycles. The summed E-state index contributed by atoms with van der Waals surface area (Å²) in [6.45, 7) is 1.77. The number of hydrogen-bond donors (Lipinski definition) is 0. The van der Waals surface area contributed by atoms with E-state index in [9.17, 15) is 0 Å². The number of ether oxygens (including phenoxy) is 1. The Hall–Kier alpha value is 0.660. The van der Waals surface area contributed by atoms with Crippen LogP contribution in [-0.2, 0) is 4.74 Å². The number of halogens is 2. The number of allylic oxidation sites excluding steroid dienone is 1. The van der Waals surface area contributed by atoms with Gasteiger partial charge in [0.25, 0.3) is 0 Å². The Morgan fingerprint density at radius 2 is 2.00 bits per heavy atom. The van der Waals surface area contributed by atoms with E-state index in [1.54, 1.807) is 0 Å². The highest BCUT2D eigenvalue weighted by Crippen LogP contribution is 2.23. The van der Waals surface area contributed by atoms with Crippen molar-refractivity contribution in [3.05, 3.63) is 10.1 Å². The van der Waals surface area contributed by atoms with Gasteiger partial charge in [0.05, 0.1) is 13.2 Å². The Balaban J connectivity index is 2.51. The molecule has 0 aromatic carbocycles. The van der Waals surface area contributed by atoms with Gasteiger partial charge in [0.2, 0.25) is 0 Å². The summed E-state index contributed by atoms with van der Waals surface area (Å²) in [6, 6.07) is 0. The molecule has 0 bridgehead atoms. The van der Waals surface area contributed by atoms with Crippen LogP contribution < -0.4 is 0 Å². The maximum Gasteiger partial charge on any atom is 0.0503 e. The topological polar surface area (TPSA) is 9.23 Å². The largest absolute Gasteiger partial charge is 0.381 e. The quantitative estimate of drug-likeness (QED) is 0.666. The number of hydrogen-bond acceptors (Lipinski definition) is 1. The van der Waals surface area contributed by atoms with E-state index in [-0.39, 0.29) is 0 Å². The standard InChI is InChI=1S/C7H10Br2O/c8-5-7(9)6-1-3-10-4-2-6/h1-5H2. The van der Waals surface area contributed by atoms with E-state index >= 15 is 0 Å². The zero-order valence-electron chi connectivity index (χ0n) is 5.70. The van der Waals surface area contributed by atoms with Gasteiger partial charge in [0, 0.05) is 9.81 Å². The van der Waals surface area contributed by atoms with Gasteiger partial charge in [-0.2, -0.15) is 0 Å². The molecule has 0 atom stereocenters. The SMILES string of the molecule is BrCC(Br)=C1CCOCC1. The molecule has 1 aliphatic heterocycles. The maximum absolute atomic E-state index is 5.22. The third-order valence-corrected chi connectivity index (χ3v) is 3.75. The van der Waals surface area contributed by atoms with Gasteiger partial charge in [-0.05, 0) is 12.8 Å². The van der Waals surface area contributed by atoms with Crippen molar-refractivity contribution in [1.82, 2.24) is 0 Å². The van der Waals surface area contributed by atoms with Crippen molar-refractivity contribution in [2.45, 2.75) is 12.8 Å². The molecule has 1 saturated heterocycles. The minimum Gasteiger partial charge on any atom is -0.381 e. The minimum absolute atomic E-state index is 0.886. The van der Waals surface area contributed by atoms with Gasteiger partial charge < -0.3 is 4.74 Å². The summed E-state index contributed by atoms with van der Waals surface area (Å²) >= 11 is 6.92. The average molecular weight is 270 g/mol. The zero-order valence-corrected chi connectivity index (χ0v) is 8.87. The van der Waals surface area contributed by atoms with E-state index in [0.717, 1.165) is 31.4 Å². The molecule has 0 radical (unpaired) electrons. The monoisotopic (exact) mass is 268 g/mol. The van der Waals surface area contributed by atoms with E-state index in [1.807, 2.05) is 0 Å². The van der Waals surface area contributed by atoms with Crippen LogP contribution in [0.15, 0.2) is 10.1 Å². The predicted octanol–water partition coefficient (Wildman–Crippen LogP) is 2.84. The van der Waals surface area contributed by atoms with Crippen molar-refractivity contribution in [3.8, 4) is 0 Å². The van der Waals surface area contributed by atoms with Gasteiger partial charge in [0.1, 0.15) is 0 Å². The maximum atomic E-state index is 5.22. The van der Waals surface area contributed by atoms with Gasteiger partial charge in [-0.15, -0.1) is 0 Å².